The average Bonchev–Trinajstić information content (AvgIpc) is 2.75. The van der Waals surface area contributed by atoms with E-state index in [2.05, 4.69) is 28.5 Å². The lowest BCUT2D eigenvalue weighted by atomic mass is 10.1. The predicted octanol–water partition coefficient (Wildman–Crippen LogP) is 3.79. The van der Waals surface area contributed by atoms with Gasteiger partial charge in [-0.15, -0.1) is 11.8 Å². The molecule has 6 heteroatoms. The van der Waals surface area contributed by atoms with Gasteiger partial charge in [0.2, 0.25) is 11.8 Å². The smallest absolute Gasteiger partial charge is 0.239 e. The molecular weight excluding hydrogens is 382 g/mol. The Bertz CT molecular complexity index is 770. The van der Waals surface area contributed by atoms with Gasteiger partial charge in [-0.3, -0.25) is 14.6 Å². The maximum absolute atomic E-state index is 12.2. The van der Waals surface area contributed by atoms with Crippen molar-refractivity contribution in [1.82, 2.24) is 15.2 Å². The molecule has 29 heavy (non-hydrogen) atoms. The van der Waals surface area contributed by atoms with Crippen LogP contribution in [0.4, 0.5) is 0 Å². The van der Waals surface area contributed by atoms with Crippen LogP contribution in [0.5, 0.6) is 0 Å². The lowest BCUT2D eigenvalue weighted by Gasteiger charge is -2.39. The van der Waals surface area contributed by atoms with Crippen molar-refractivity contribution >= 4 is 23.6 Å². The number of likely N-dealkylation sites (tertiary alicyclic amines) is 1. The van der Waals surface area contributed by atoms with Crippen LogP contribution in [-0.2, 0) is 21.8 Å². The molecular formula is C23H29N3O2S. The van der Waals surface area contributed by atoms with E-state index < -0.39 is 0 Å². The molecule has 0 saturated carbocycles. The van der Waals surface area contributed by atoms with Crippen molar-refractivity contribution in [1.29, 1.82) is 0 Å². The zero-order chi connectivity index (χ0) is 20.3. The first-order valence-corrected chi connectivity index (χ1v) is 11.4. The normalized spacial score (nSPS) is 15.8. The lowest BCUT2D eigenvalue weighted by Crippen LogP contribution is -2.54. The van der Waals surface area contributed by atoms with E-state index in [0.29, 0.717) is 13.0 Å². The molecule has 1 aliphatic rings. The molecule has 1 aromatic carbocycles. The summed E-state index contributed by atoms with van der Waals surface area (Å²) in [5.74, 6) is 0.868. The number of nitrogens with one attached hydrogen (secondary N) is 1. The van der Waals surface area contributed by atoms with Crippen LogP contribution in [0, 0.1) is 0 Å². The van der Waals surface area contributed by atoms with Crippen molar-refractivity contribution in [3.63, 3.8) is 0 Å². The second-order valence-electron chi connectivity index (χ2n) is 7.31. The molecule has 3 rings (SSSR count). The molecule has 0 radical (unpaired) electrons. The topological polar surface area (TPSA) is 62.3 Å². The van der Waals surface area contributed by atoms with Gasteiger partial charge >= 0.3 is 0 Å². The average molecular weight is 412 g/mol. The first-order chi connectivity index (χ1) is 14.2. The second-order valence-corrected chi connectivity index (χ2v) is 8.48. The maximum Gasteiger partial charge on any atom is 0.239 e. The molecule has 0 bridgehead atoms. The van der Waals surface area contributed by atoms with Gasteiger partial charge in [0.25, 0.3) is 0 Å². The number of β-lactam (4-membered cyclic amide) rings is 1. The molecule has 2 aromatic rings. The fraction of sp³-hybridized carbons (Fsp3) is 0.435. The Hall–Kier alpha value is -2.34. The number of unbranched alkanes of at least 4 members (excludes halogenated alkanes) is 3. The first kappa shape index (κ1) is 21.4. The van der Waals surface area contributed by atoms with Gasteiger partial charge in [0.05, 0.1) is 11.8 Å². The molecule has 0 spiro atoms. The Morgan fingerprint density at radius 3 is 2.62 bits per heavy atom. The number of thioether (sulfide) groups is 1. The molecule has 1 aromatic heterocycles. The number of aryl methyl sites for hydroxylation is 1. The Balaban J connectivity index is 1.24. The van der Waals surface area contributed by atoms with E-state index in [0.717, 1.165) is 43.6 Å². The minimum Gasteiger partial charge on any atom is -0.355 e. The Morgan fingerprint density at radius 2 is 1.86 bits per heavy atom. The minimum atomic E-state index is -0.0585. The highest BCUT2D eigenvalue weighted by atomic mass is 32.2. The van der Waals surface area contributed by atoms with Gasteiger partial charge in [0.15, 0.2) is 0 Å². The first-order valence-electron chi connectivity index (χ1n) is 10.3. The lowest BCUT2D eigenvalue weighted by molar-refractivity contribution is -0.145. The molecule has 5 nitrogen and oxygen atoms in total. The number of carbonyl (C=O) groups excluding carboxylic acids is 2. The fourth-order valence-corrected chi connectivity index (χ4v) is 4.51. The van der Waals surface area contributed by atoms with Gasteiger partial charge in [-0.1, -0.05) is 49.2 Å². The van der Waals surface area contributed by atoms with Crippen LogP contribution in [0.2, 0.25) is 0 Å². The number of rotatable bonds is 12. The highest BCUT2D eigenvalue weighted by Gasteiger charge is 2.37. The quantitative estimate of drug-likeness (QED) is 0.426. The largest absolute Gasteiger partial charge is 0.355 e. The van der Waals surface area contributed by atoms with E-state index in [-0.39, 0.29) is 23.7 Å². The third kappa shape index (κ3) is 7.20. The van der Waals surface area contributed by atoms with Crippen molar-refractivity contribution in [2.24, 2.45) is 0 Å². The van der Waals surface area contributed by atoms with Gasteiger partial charge in [0.1, 0.15) is 6.54 Å². The second kappa shape index (κ2) is 11.6. The zero-order valence-corrected chi connectivity index (χ0v) is 17.6. The number of benzene rings is 1. The summed E-state index contributed by atoms with van der Waals surface area (Å²) in [7, 11) is 0. The monoisotopic (exact) mass is 411 g/mol. The van der Waals surface area contributed by atoms with E-state index in [1.54, 1.807) is 16.7 Å². The van der Waals surface area contributed by atoms with Crippen molar-refractivity contribution in [2.45, 2.75) is 49.7 Å². The van der Waals surface area contributed by atoms with Crippen LogP contribution in [0.1, 0.15) is 43.4 Å². The van der Waals surface area contributed by atoms with Gasteiger partial charge in [-0.25, -0.2) is 0 Å². The highest BCUT2D eigenvalue weighted by molar-refractivity contribution is 7.99. The molecule has 1 aliphatic heterocycles. The van der Waals surface area contributed by atoms with Gasteiger partial charge in [-0.2, -0.15) is 0 Å². The molecule has 0 aliphatic carbocycles. The predicted molar refractivity (Wildman–Crippen MR) is 117 cm³/mol. The maximum atomic E-state index is 12.2. The number of aromatic nitrogens is 1. The molecule has 2 amide bonds. The van der Waals surface area contributed by atoms with Crippen LogP contribution in [0.3, 0.4) is 0 Å². The number of amides is 2. The molecule has 1 fully saturated rings. The summed E-state index contributed by atoms with van der Waals surface area (Å²) in [4.78, 5) is 30.1. The van der Waals surface area contributed by atoms with E-state index >= 15 is 0 Å². The molecule has 154 valence electrons. The third-order valence-corrected chi connectivity index (χ3v) is 6.33. The summed E-state index contributed by atoms with van der Waals surface area (Å²) >= 11 is 1.73. The SMILES string of the molecule is O=C(CN1C(=O)CC1SCc1ccccc1)NCCCCCCc1ccccn1. The summed E-state index contributed by atoms with van der Waals surface area (Å²) in [6, 6.07) is 16.2. The summed E-state index contributed by atoms with van der Waals surface area (Å²) in [6.45, 7) is 0.844. The number of carbonyl (C=O) groups is 2. The third-order valence-electron chi connectivity index (χ3n) is 5.02. The molecule has 1 N–H and O–H groups in total. The molecule has 1 unspecified atom stereocenters. The van der Waals surface area contributed by atoms with E-state index in [4.69, 9.17) is 0 Å². The van der Waals surface area contributed by atoms with Crippen molar-refractivity contribution < 1.29 is 9.59 Å². The Labute approximate surface area is 177 Å². The van der Waals surface area contributed by atoms with E-state index in [9.17, 15) is 9.59 Å². The zero-order valence-electron chi connectivity index (χ0n) is 16.8. The summed E-state index contributed by atoms with van der Waals surface area (Å²) < 4.78 is 0. The van der Waals surface area contributed by atoms with Gasteiger partial charge < -0.3 is 10.2 Å². The summed E-state index contributed by atoms with van der Waals surface area (Å²) in [5.41, 5.74) is 2.38. The number of pyridine rings is 1. The van der Waals surface area contributed by atoms with Crippen LogP contribution in [-0.4, -0.2) is 40.2 Å². The number of hydrogen-bond acceptors (Lipinski definition) is 4. The summed E-state index contributed by atoms with van der Waals surface area (Å²) in [6.07, 6.45) is 7.67. The van der Waals surface area contributed by atoms with E-state index in [1.165, 1.54) is 5.56 Å². The standard InChI is InChI=1S/C23H29N3O2S/c27-21(25-15-8-2-1-6-12-20-13-7-9-14-24-20)17-26-22(28)16-23(26)29-18-19-10-4-3-5-11-19/h3-5,7,9-11,13-14,23H,1-2,6,8,12,15-18H2,(H,25,27). The van der Waals surface area contributed by atoms with Crippen LogP contribution >= 0.6 is 11.8 Å². The molecule has 2 heterocycles. The van der Waals surface area contributed by atoms with Crippen LogP contribution in [0.25, 0.3) is 0 Å². The van der Waals surface area contributed by atoms with Crippen molar-refractivity contribution in [3.8, 4) is 0 Å². The Kier molecular flexibility index (Phi) is 8.56. The fourth-order valence-electron chi connectivity index (χ4n) is 3.30. The Morgan fingerprint density at radius 1 is 1.07 bits per heavy atom. The number of nitrogens with zero attached hydrogens (tertiary/aromatic N) is 2. The van der Waals surface area contributed by atoms with Crippen LogP contribution < -0.4 is 5.32 Å². The van der Waals surface area contributed by atoms with Crippen molar-refractivity contribution in [2.75, 3.05) is 13.1 Å². The highest BCUT2D eigenvalue weighted by Crippen LogP contribution is 2.31. The van der Waals surface area contributed by atoms with Crippen LogP contribution in [0.15, 0.2) is 54.7 Å². The van der Waals surface area contributed by atoms with Crippen molar-refractivity contribution in [3.05, 3.63) is 66.0 Å². The van der Waals surface area contributed by atoms with Gasteiger partial charge in [-0.05, 0) is 37.0 Å². The summed E-state index contributed by atoms with van der Waals surface area (Å²) in [5, 5.41) is 3.06. The minimum absolute atomic E-state index is 0.0585. The molecule has 1 atom stereocenters. The van der Waals surface area contributed by atoms with E-state index in [1.807, 2.05) is 36.5 Å². The van der Waals surface area contributed by atoms with Gasteiger partial charge in [0, 0.05) is 24.2 Å². The number of hydrogen-bond donors (Lipinski definition) is 1. The molecule has 1 saturated heterocycles.